The van der Waals surface area contributed by atoms with Crippen molar-refractivity contribution in [1.29, 1.82) is 0 Å². The summed E-state index contributed by atoms with van der Waals surface area (Å²) in [5, 5.41) is 4.04. The Balaban J connectivity index is 1.99. The first-order valence-electron chi connectivity index (χ1n) is 6.41. The molecule has 0 amide bonds. The predicted molar refractivity (Wildman–Crippen MR) is 79.1 cm³/mol. The third-order valence-electron chi connectivity index (χ3n) is 3.22. The van der Waals surface area contributed by atoms with Crippen molar-refractivity contribution in [2.45, 2.75) is 13.8 Å². The maximum Gasteiger partial charge on any atom is 0.258 e. The zero-order valence-electron chi connectivity index (χ0n) is 11.4. The average molecular weight is 265 g/mol. The van der Waals surface area contributed by atoms with E-state index < -0.39 is 0 Å². The third-order valence-corrected chi connectivity index (χ3v) is 3.22. The van der Waals surface area contributed by atoms with Gasteiger partial charge in [0.15, 0.2) is 0 Å². The molecule has 0 aliphatic carbocycles. The largest absolute Gasteiger partial charge is 0.399 e. The molecule has 0 saturated heterocycles. The van der Waals surface area contributed by atoms with Gasteiger partial charge in [-0.2, -0.15) is 4.98 Å². The summed E-state index contributed by atoms with van der Waals surface area (Å²) in [6.45, 7) is 3.99. The topological polar surface area (TPSA) is 64.9 Å². The molecule has 4 heteroatoms. The van der Waals surface area contributed by atoms with Gasteiger partial charge in [0.1, 0.15) is 0 Å². The molecule has 3 aromatic rings. The molecule has 0 aliphatic heterocycles. The number of aromatic nitrogens is 2. The van der Waals surface area contributed by atoms with Crippen LogP contribution in [0.1, 0.15) is 11.1 Å². The fraction of sp³-hybridized carbons (Fsp3) is 0.125. The van der Waals surface area contributed by atoms with Gasteiger partial charge < -0.3 is 10.3 Å². The van der Waals surface area contributed by atoms with Crippen molar-refractivity contribution in [2.75, 3.05) is 5.73 Å². The number of benzene rings is 2. The predicted octanol–water partition coefficient (Wildman–Crippen LogP) is 3.60. The first-order valence-corrected chi connectivity index (χ1v) is 6.41. The van der Waals surface area contributed by atoms with E-state index in [2.05, 4.69) is 10.1 Å². The monoisotopic (exact) mass is 265 g/mol. The van der Waals surface area contributed by atoms with E-state index in [1.165, 1.54) is 0 Å². The third kappa shape index (κ3) is 2.28. The lowest BCUT2D eigenvalue weighted by molar-refractivity contribution is 0.432. The van der Waals surface area contributed by atoms with E-state index in [0.29, 0.717) is 11.7 Å². The molecule has 1 aromatic heterocycles. The van der Waals surface area contributed by atoms with Crippen LogP contribution >= 0.6 is 0 Å². The standard InChI is InChI=1S/C16H15N3O/c1-10-4-3-5-12(8-10)15-18-16(20-19-15)13-6-7-14(17)11(2)9-13/h3-9H,17H2,1-2H3. The van der Waals surface area contributed by atoms with E-state index in [1.807, 2.05) is 56.3 Å². The molecule has 0 unspecified atom stereocenters. The van der Waals surface area contributed by atoms with Gasteiger partial charge in [-0.25, -0.2) is 0 Å². The smallest absolute Gasteiger partial charge is 0.258 e. The van der Waals surface area contributed by atoms with Crippen molar-refractivity contribution in [3.63, 3.8) is 0 Å². The minimum atomic E-state index is 0.504. The van der Waals surface area contributed by atoms with Gasteiger partial charge in [0, 0.05) is 16.8 Å². The summed E-state index contributed by atoms with van der Waals surface area (Å²) in [6.07, 6.45) is 0. The van der Waals surface area contributed by atoms with E-state index in [4.69, 9.17) is 10.3 Å². The van der Waals surface area contributed by atoms with E-state index in [9.17, 15) is 0 Å². The van der Waals surface area contributed by atoms with Crippen LogP contribution in [0.3, 0.4) is 0 Å². The van der Waals surface area contributed by atoms with Crippen LogP contribution in [0.15, 0.2) is 47.0 Å². The average Bonchev–Trinajstić information content (AvgIpc) is 2.92. The van der Waals surface area contributed by atoms with Gasteiger partial charge in [0.25, 0.3) is 5.89 Å². The van der Waals surface area contributed by atoms with E-state index in [-0.39, 0.29) is 0 Å². The number of aryl methyl sites for hydroxylation is 2. The van der Waals surface area contributed by atoms with Crippen molar-refractivity contribution >= 4 is 5.69 Å². The highest BCUT2D eigenvalue weighted by Crippen LogP contribution is 2.25. The zero-order valence-corrected chi connectivity index (χ0v) is 11.4. The summed E-state index contributed by atoms with van der Waals surface area (Å²) in [7, 11) is 0. The van der Waals surface area contributed by atoms with Gasteiger partial charge in [-0.15, -0.1) is 0 Å². The summed E-state index contributed by atoms with van der Waals surface area (Å²) < 4.78 is 5.34. The van der Waals surface area contributed by atoms with Crippen molar-refractivity contribution in [3.8, 4) is 22.8 Å². The van der Waals surface area contributed by atoms with Gasteiger partial charge in [-0.05, 0) is 43.7 Å². The highest BCUT2D eigenvalue weighted by atomic mass is 16.5. The number of anilines is 1. The second kappa shape index (κ2) is 4.81. The lowest BCUT2D eigenvalue weighted by Gasteiger charge is -2.00. The molecular weight excluding hydrogens is 250 g/mol. The summed E-state index contributed by atoms with van der Waals surface area (Å²) in [6, 6.07) is 13.7. The fourth-order valence-corrected chi connectivity index (χ4v) is 2.05. The van der Waals surface area contributed by atoms with E-state index >= 15 is 0 Å². The summed E-state index contributed by atoms with van der Waals surface area (Å²) >= 11 is 0. The van der Waals surface area contributed by atoms with E-state index in [0.717, 1.165) is 27.9 Å². The van der Waals surface area contributed by atoms with Gasteiger partial charge >= 0.3 is 0 Å². The number of nitrogen functional groups attached to an aromatic ring is 1. The maximum atomic E-state index is 5.81. The second-order valence-electron chi connectivity index (χ2n) is 4.86. The molecule has 4 nitrogen and oxygen atoms in total. The second-order valence-corrected chi connectivity index (χ2v) is 4.86. The number of rotatable bonds is 2. The molecule has 20 heavy (non-hydrogen) atoms. The van der Waals surface area contributed by atoms with Crippen LogP contribution in [0.5, 0.6) is 0 Å². The maximum absolute atomic E-state index is 5.81. The van der Waals surface area contributed by atoms with Crippen molar-refractivity contribution in [1.82, 2.24) is 10.1 Å². The molecule has 0 saturated carbocycles. The van der Waals surface area contributed by atoms with Gasteiger partial charge in [0.2, 0.25) is 5.82 Å². The first kappa shape index (κ1) is 12.4. The highest BCUT2D eigenvalue weighted by Gasteiger charge is 2.11. The Kier molecular flexibility index (Phi) is 2.99. The van der Waals surface area contributed by atoms with Crippen LogP contribution in [-0.2, 0) is 0 Å². The van der Waals surface area contributed by atoms with Gasteiger partial charge in [0.05, 0.1) is 0 Å². The molecule has 2 aromatic carbocycles. The molecule has 1 heterocycles. The Labute approximate surface area is 117 Å². The minimum Gasteiger partial charge on any atom is -0.399 e. The Morgan fingerprint density at radius 3 is 2.60 bits per heavy atom. The van der Waals surface area contributed by atoms with E-state index in [1.54, 1.807) is 0 Å². The van der Waals surface area contributed by atoms with Crippen LogP contribution in [0.2, 0.25) is 0 Å². The summed E-state index contributed by atoms with van der Waals surface area (Å²) in [4.78, 5) is 4.44. The van der Waals surface area contributed by atoms with Crippen LogP contribution in [0, 0.1) is 13.8 Å². The lowest BCUT2D eigenvalue weighted by Crippen LogP contribution is -1.89. The van der Waals surface area contributed by atoms with Crippen LogP contribution in [0.25, 0.3) is 22.8 Å². The molecule has 0 spiro atoms. The molecule has 0 fully saturated rings. The molecule has 0 radical (unpaired) electrons. The molecule has 100 valence electrons. The first-order chi connectivity index (χ1) is 9.63. The fourth-order valence-electron chi connectivity index (χ4n) is 2.05. The lowest BCUT2D eigenvalue weighted by atomic mass is 10.1. The normalized spacial score (nSPS) is 10.7. The Morgan fingerprint density at radius 2 is 1.85 bits per heavy atom. The number of hydrogen-bond donors (Lipinski definition) is 1. The minimum absolute atomic E-state index is 0.504. The molecule has 2 N–H and O–H groups in total. The van der Waals surface area contributed by atoms with Crippen molar-refractivity contribution in [2.24, 2.45) is 0 Å². The van der Waals surface area contributed by atoms with Crippen LogP contribution < -0.4 is 5.73 Å². The highest BCUT2D eigenvalue weighted by molar-refractivity contribution is 5.63. The number of nitrogens with zero attached hydrogens (tertiary/aromatic N) is 2. The molecule has 0 atom stereocenters. The molecule has 0 aliphatic rings. The quantitative estimate of drug-likeness (QED) is 0.719. The van der Waals surface area contributed by atoms with Crippen molar-refractivity contribution in [3.05, 3.63) is 53.6 Å². The van der Waals surface area contributed by atoms with Gasteiger partial charge in [-0.1, -0.05) is 28.9 Å². The number of nitrogens with two attached hydrogens (primary N) is 1. The summed E-state index contributed by atoms with van der Waals surface area (Å²) in [5.74, 6) is 1.10. The Morgan fingerprint density at radius 1 is 1.00 bits per heavy atom. The molecule has 0 bridgehead atoms. The van der Waals surface area contributed by atoms with Crippen LogP contribution in [-0.4, -0.2) is 10.1 Å². The van der Waals surface area contributed by atoms with Gasteiger partial charge in [-0.3, -0.25) is 0 Å². The van der Waals surface area contributed by atoms with Crippen LogP contribution in [0.4, 0.5) is 5.69 Å². The van der Waals surface area contributed by atoms with Crippen molar-refractivity contribution < 1.29 is 4.52 Å². The molecule has 3 rings (SSSR count). The Bertz CT molecular complexity index is 762. The summed E-state index contributed by atoms with van der Waals surface area (Å²) in [5.41, 5.74) is 10.6. The molecular formula is C16H15N3O. The Hall–Kier alpha value is -2.62. The SMILES string of the molecule is Cc1cccc(-c2noc(-c3ccc(N)c(C)c3)n2)c1. The zero-order chi connectivity index (χ0) is 14.1. The number of hydrogen-bond acceptors (Lipinski definition) is 4.